The zero-order valence-electron chi connectivity index (χ0n) is 21.7. The Morgan fingerprint density at radius 2 is 1.88 bits per heavy atom. The van der Waals surface area contributed by atoms with Gasteiger partial charge in [-0.25, -0.2) is 18.6 Å². The largest absolute Gasteiger partial charge is 0.445 e. The SMILES string of the molecule is O=C(NCc1ccc2c(c1)nc(NC(=O)c1ccc(C(F)F)s1)n2-c1ccc2c(c1)NCC2)OCc1ccccc1. The molecule has 0 atom stereocenters. The number of carbonyl (C=O) groups excluding carboxylic acids is 2. The van der Waals surface area contributed by atoms with E-state index in [-0.39, 0.29) is 28.9 Å². The van der Waals surface area contributed by atoms with Crippen LogP contribution < -0.4 is 16.0 Å². The van der Waals surface area contributed by atoms with Crippen molar-refractivity contribution in [1.82, 2.24) is 14.9 Å². The number of amides is 2. The average Bonchev–Trinajstić information content (AvgIpc) is 3.73. The molecule has 208 valence electrons. The molecule has 0 radical (unpaired) electrons. The second-order valence-corrected chi connectivity index (χ2v) is 10.6. The molecular formula is C30H25F2N5O3S. The second-order valence-electron chi connectivity index (χ2n) is 9.48. The summed E-state index contributed by atoms with van der Waals surface area (Å²) >= 11 is 0.746. The van der Waals surface area contributed by atoms with Crippen LogP contribution in [-0.4, -0.2) is 28.1 Å². The van der Waals surface area contributed by atoms with Gasteiger partial charge in [0.25, 0.3) is 12.3 Å². The molecule has 0 saturated carbocycles. The van der Waals surface area contributed by atoms with E-state index in [2.05, 4.69) is 20.9 Å². The van der Waals surface area contributed by atoms with Crippen LogP contribution >= 0.6 is 11.3 Å². The number of hydrogen-bond acceptors (Lipinski definition) is 6. The van der Waals surface area contributed by atoms with Gasteiger partial charge < -0.3 is 15.4 Å². The smallest absolute Gasteiger partial charge is 0.407 e. The van der Waals surface area contributed by atoms with Crippen molar-refractivity contribution in [3.8, 4) is 5.69 Å². The minimum atomic E-state index is -2.65. The number of imidazole rings is 1. The van der Waals surface area contributed by atoms with Crippen LogP contribution in [0.15, 0.2) is 78.9 Å². The third-order valence-electron chi connectivity index (χ3n) is 6.72. The van der Waals surface area contributed by atoms with Gasteiger partial charge in [-0.15, -0.1) is 11.3 Å². The Morgan fingerprint density at radius 1 is 1.02 bits per heavy atom. The van der Waals surface area contributed by atoms with Crippen molar-refractivity contribution < 1.29 is 23.1 Å². The Hall–Kier alpha value is -4.77. The molecule has 11 heteroatoms. The highest BCUT2D eigenvalue weighted by Gasteiger charge is 2.20. The first-order valence-electron chi connectivity index (χ1n) is 13.0. The van der Waals surface area contributed by atoms with E-state index in [1.165, 1.54) is 17.7 Å². The first-order valence-corrected chi connectivity index (χ1v) is 13.8. The molecule has 3 aromatic carbocycles. The number of fused-ring (bicyclic) bond motifs is 2. The van der Waals surface area contributed by atoms with Gasteiger partial charge in [-0.2, -0.15) is 0 Å². The molecule has 1 aliphatic rings. The van der Waals surface area contributed by atoms with Gasteiger partial charge >= 0.3 is 6.09 Å². The summed E-state index contributed by atoms with van der Waals surface area (Å²) < 4.78 is 33.3. The zero-order valence-corrected chi connectivity index (χ0v) is 22.5. The van der Waals surface area contributed by atoms with E-state index in [4.69, 9.17) is 4.74 Å². The lowest BCUT2D eigenvalue weighted by Crippen LogP contribution is -2.23. The molecule has 41 heavy (non-hydrogen) atoms. The Kier molecular flexibility index (Phi) is 7.34. The van der Waals surface area contributed by atoms with Gasteiger partial charge in [0.2, 0.25) is 5.95 Å². The van der Waals surface area contributed by atoms with E-state index in [9.17, 15) is 18.4 Å². The molecule has 3 heterocycles. The van der Waals surface area contributed by atoms with Gasteiger partial charge in [0.1, 0.15) is 6.61 Å². The van der Waals surface area contributed by atoms with Crippen LogP contribution in [0.4, 0.5) is 25.2 Å². The van der Waals surface area contributed by atoms with Crippen molar-refractivity contribution in [2.24, 2.45) is 0 Å². The topological polar surface area (TPSA) is 97.3 Å². The number of rotatable bonds is 8. The van der Waals surface area contributed by atoms with Gasteiger partial charge in [-0.05, 0) is 59.5 Å². The molecular weight excluding hydrogens is 548 g/mol. The minimum absolute atomic E-state index is 0.161. The standard InChI is InChI=1S/C30H25F2N5O3S/c31-27(32)25-10-11-26(41-25)28(38)36-29-35-23-14-19(16-34-30(39)40-17-18-4-2-1-3-5-18)6-9-24(23)37(29)21-8-7-20-12-13-33-22(20)15-21/h1-11,14-15,27,33H,12-13,16-17H2,(H,34,39)(H,35,36,38). The number of alkyl halides is 2. The Balaban J connectivity index is 1.26. The average molecular weight is 574 g/mol. The summed E-state index contributed by atoms with van der Waals surface area (Å²) in [4.78, 5) is 29.9. The first-order chi connectivity index (χ1) is 19.9. The third kappa shape index (κ3) is 5.75. The first kappa shape index (κ1) is 26.5. The summed E-state index contributed by atoms with van der Waals surface area (Å²) in [6, 6.07) is 23.6. The highest BCUT2D eigenvalue weighted by atomic mass is 32.1. The fourth-order valence-electron chi connectivity index (χ4n) is 4.70. The summed E-state index contributed by atoms with van der Waals surface area (Å²) in [6.45, 7) is 1.23. The van der Waals surface area contributed by atoms with Crippen molar-refractivity contribution in [3.63, 3.8) is 0 Å². The van der Waals surface area contributed by atoms with E-state index in [0.29, 0.717) is 5.52 Å². The molecule has 0 aliphatic carbocycles. The van der Waals surface area contributed by atoms with E-state index in [1.54, 1.807) is 0 Å². The molecule has 1 aliphatic heterocycles. The molecule has 0 bridgehead atoms. The number of alkyl carbamates (subject to hydrolysis) is 1. The number of nitrogens with one attached hydrogen (secondary N) is 3. The van der Waals surface area contributed by atoms with E-state index < -0.39 is 18.4 Å². The lowest BCUT2D eigenvalue weighted by atomic mass is 10.1. The number of ether oxygens (including phenoxy) is 1. The predicted octanol–water partition coefficient (Wildman–Crippen LogP) is 6.67. The molecule has 0 saturated heterocycles. The highest BCUT2D eigenvalue weighted by Crippen LogP contribution is 2.32. The maximum absolute atomic E-state index is 13.1. The lowest BCUT2D eigenvalue weighted by Gasteiger charge is -2.12. The molecule has 0 unspecified atom stereocenters. The molecule has 2 amide bonds. The van der Waals surface area contributed by atoms with Gasteiger partial charge in [0.05, 0.1) is 26.5 Å². The number of aromatic nitrogens is 2. The van der Waals surface area contributed by atoms with Gasteiger partial charge in [-0.3, -0.25) is 14.7 Å². The normalized spacial score (nSPS) is 12.3. The van der Waals surface area contributed by atoms with E-state index in [0.717, 1.165) is 52.3 Å². The van der Waals surface area contributed by atoms with E-state index in [1.807, 2.05) is 71.3 Å². The molecule has 5 aromatic rings. The molecule has 8 nitrogen and oxygen atoms in total. The van der Waals surface area contributed by atoms with Gasteiger partial charge in [0.15, 0.2) is 0 Å². The van der Waals surface area contributed by atoms with Crippen molar-refractivity contribution >= 4 is 46.0 Å². The molecule has 2 aromatic heterocycles. The number of hydrogen-bond donors (Lipinski definition) is 3. The summed E-state index contributed by atoms with van der Waals surface area (Å²) in [6.07, 6.45) is -2.26. The van der Waals surface area contributed by atoms with Gasteiger partial charge in [-0.1, -0.05) is 42.5 Å². The van der Waals surface area contributed by atoms with E-state index >= 15 is 0 Å². The number of benzene rings is 3. The third-order valence-corrected chi connectivity index (χ3v) is 7.81. The number of thiophene rings is 1. The molecule has 3 N–H and O–H groups in total. The predicted molar refractivity (Wildman–Crippen MR) is 154 cm³/mol. The monoisotopic (exact) mass is 573 g/mol. The Bertz CT molecular complexity index is 1740. The van der Waals surface area contributed by atoms with Crippen LogP contribution in [0.1, 0.15) is 37.7 Å². The van der Waals surface area contributed by atoms with Crippen LogP contribution in [0.25, 0.3) is 16.7 Å². The number of halogens is 2. The fourth-order valence-corrected chi connectivity index (χ4v) is 5.46. The van der Waals surface area contributed by atoms with Crippen LogP contribution in [0.5, 0.6) is 0 Å². The van der Waals surface area contributed by atoms with Crippen molar-refractivity contribution in [2.45, 2.75) is 26.0 Å². The summed E-state index contributed by atoms with van der Waals surface area (Å²) in [5.74, 6) is -0.275. The quantitative estimate of drug-likeness (QED) is 0.193. The van der Waals surface area contributed by atoms with Crippen LogP contribution in [0, 0.1) is 0 Å². The summed E-state index contributed by atoms with van der Waals surface area (Å²) in [7, 11) is 0. The van der Waals surface area contributed by atoms with Crippen molar-refractivity contribution in [2.75, 3.05) is 17.2 Å². The number of carbonyl (C=O) groups is 2. The maximum atomic E-state index is 13.1. The van der Waals surface area contributed by atoms with Crippen LogP contribution in [-0.2, 0) is 24.3 Å². The lowest BCUT2D eigenvalue weighted by molar-refractivity contribution is 0.102. The number of anilines is 2. The molecule has 0 spiro atoms. The highest BCUT2D eigenvalue weighted by molar-refractivity contribution is 7.14. The maximum Gasteiger partial charge on any atom is 0.407 e. The van der Waals surface area contributed by atoms with Crippen molar-refractivity contribution in [3.05, 3.63) is 105 Å². The number of nitrogens with zero attached hydrogens (tertiary/aromatic N) is 2. The van der Waals surface area contributed by atoms with Crippen molar-refractivity contribution in [1.29, 1.82) is 0 Å². The molecule has 0 fully saturated rings. The fraction of sp³-hybridized carbons (Fsp3) is 0.167. The summed E-state index contributed by atoms with van der Waals surface area (Å²) in [5.41, 5.74) is 5.99. The summed E-state index contributed by atoms with van der Waals surface area (Å²) in [5, 5.41) is 8.92. The van der Waals surface area contributed by atoms with Crippen LogP contribution in [0.2, 0.25) is 0 Å². The Morgan fingerprint density at radius 3 is 2.68 bits per heavy atom. The zero-order chi connectivity index (χ0) is 28.3. The van der Waals surface area contributed by atoms with Crippen LogP contribution in [0.3, 0.4) is 0 Å². The van der Waals surface area contributed by atoms with Gasteiger partial charge in [0, 0.05) is 18.8 Å². The Labute approximate surface area is 238 Å². The molecule has 6 rings (SSSR count). The minimum Gasteiger partial charge on any atom is -0.445 e. The second kappa shape index (κ2) is 11.4.